The van der Waals surface area contributed by atoms with Crippen molar-refractivity contribution in [2.45, 2.75) is 32.9 Å². The second kappa shape index (κ2) is 11.8. The number of likely N-dealkylation sites (N-methyl/N-ethyl adjacent to an activating group) is 1. The summed E-state index contributed by atoms with van der Waals surface area (Å²) in [4.78, 5) is 15.9. The van der Waals surface area contributed by atoms with Crippen LogP contribution in [0.25, 0.3) is 12.2 Å². The first kappa shape index (κ1) is 24.0. The van der Waals surface area contributed by atoms with Crippen molar-refractivity contribution in [1.82, 2.24) is 4.90 Å². The van der Waals surface area contributed by atoms with Crippen LogP contribution in [0.1, 0.15) is 30.2 Å². The van der Waals surface area contributed by atoms with Gasteiger partial charge in [-0.3, -0.25) is 4.79 Å². The number of nitrogens with two attached hydrogens (primary N) is 1. The Bertz CT molecular complexity index is 851. The highest BCUT2D eigenvalue weighted by atomic mass is 32.1. The molecule has 1 aromatic carbocycles. The summed E-state index contributed by atoms with van der Waals surface area (Å²) in [5.74, 6) is 0.314. The number of aryl methyl sites for hydroxylation is 2. The van der Waals surface area contributed by atoms with Gasteiger partial charge in [0.15, 0.2) is 11.9 Å². The van der Waals surface area contributed by atoms with Crippen molar-refractivity contribution in [3.05, 3.63) is 59.4 Å². The molecule has 1 unspecified atom stereocenters. The van der Waals surface area contributed by atoms with Gasteiger partial charge in [-0.15, -0.1) is 0 Å². The molecule has 0 radical (unpaired) electrons. The molecule has 0 aliphatic carbocycles. The van der Waals surface area contributed by atoms with Crippen molar-refractivity contribution >= 4 is 36.4 Å². The van der Waals surface area contributed by atoms with Crippen LogP contribution in [0.2, 0.25) is 0 Å². The maximum absolute atomic E-state index is 12.0. The summed E-state index contributed by atoms with van der Waals surface area (Å²) in [5.41, 5.74) is 10.5. The normalized spacial score (nSPS) is 12.2. The van der Waals surface area contributed by atoms with Gasteiger partial charge in [0, 0.05) is 57.7 Å². The lowest BCUT2D eigenvalue weighted by Gasteiger charge is -2.23. The van der Waals surface area contributed by atoms with Gasteiger partial charge in [0.2, 0.25) is 5.91 Å². The maximum Gasteiger partial charge on any atom is 0.240 e. The summed E-state index contributed by atoms with van der Waals surface area (Å²) < 4.78 is 2.23. The van der Waals surface area contributed by atoms with E-state index in [2.05, 4.69) is 97.7 Å². The molecule has 30 heavy (non-hydrogen) atoms. The van der Waals surface area contributed by atoms with Gasteiger partial charge in [-0.1, -0.05) is 24.3 Å². The predicted octanol–water partition coefficient (Wildman–Crippen LogP) is 3.01. The largest absolute Gasteiger partial charge is 0.375 e. The number of carbonyl (C=O) groups excluding carboxylic acids is 1. The van der Waals surface area contributed by atoms with Crippen LogP contribution in [-0.2, 0) is 11.3 Å². The molecule has 0 bridgehead atoms. The SMILES string of the molecule is CC[n+]1ccc(/C=C/c2ccc(N(C)CCCN(C)C(=O)C(N)CS)cc2)cc1C. The number of amides is 1. The molecule has 1 aromatic heterocycles. The Kier molecular flexibility index (Phi) is 9.40. The molecule has 0 fully saturated rings. The summed E-state index contributed by atoms with van der Waals surface area (Å²) in [6, 6.07) is 12.3. The molecule has 2 N–H and O–H groups in total. The second-order valence-electron chi connectivity index (χ2n) is 7.64. The van der Waals surface area contributed by atoms with Gasteiger partial charge in [0.1, 0.15) is 6.54 Å². The van der Waals surface area contributed by atoms with Crippen molar-refractivity contribution in [3.63, 3.8) is 0 Å². The second-order valence-corrected chi connectivity index (χ2v) is 8.00. The van der Waals surface area contributed by atoms with Crippen LogP contribution >= 0.6 is 12.6 Å². The molecule has 1 atom stereocenters. The summed E-state index contributed by atoms with van der Waals surface area (Å²) in [6.45, 7) is 6.82. The zero-order valence-electron chi connectivity index (χ0n) is 18.6. The molecule has 6 heteroatoms. The van der Waals surface area contributed by atoms with E-state index in [-0.39, 0.29) is 5.91 Å². The third-order valence-corrected chi connectivity index (χ3v) is 5.69. The molecule has 2 rings (SSSR count). The quantitative estimate of drug-likeness (QED) is 0.453. The number of aromatic nitrogens is 1. The highest BCUT2D eigenvalue weighted by molar-refractivity contribution is 7.80. The number of anilines is 1. The molecule has 5 nitrogen and oxygen atoms in total. The summed E-state index contributed by atoms with van der Waals surface area (Å²) in [5, 5.41) is 0. The highest BCUT2D eigenvalue weighted by Gasteiger charge is 2.16. The zero-order chi connectivity index (χ0) is 22.1. The predicted molar refractivity (Wildman–Crippen MR) is 130 cm³/mol. The van der Waals surface area contributed by atoms with Crippen molar-refractivity contribution in [3.8, 4) is 0 Å². The monoisotopic (exact) mass is 427 g/mol. The first-order valence-corrected chi connectivity index (χ1v) is 11.1. The first-order chi connectivity index (χ1) is 14.3. The lowest BCUT2D eigenvalue weighted by Crippen LogP contribution is -2.43. The minimum Gasteiger partial charge on any atom is -0.375 e. The van der Waals surface area contributed by atoms with E-state index in [4.69, 9.17) is 5.73 Å². The van der Waals surface area contributed by atoms with Gasteiger partial charge in [-0.25, -0.2) is 4.57 Å². The molecule has 1 heterocycles. The molecule has 1 amide bonds. The molecule has 0 aliphatic rings. The van der Waals surface area contributed by atoms with Crippen LogP contribution in [-0.4, -0.2) is 49.8 Å². The van der Waals surface area contributed by atoms with E-state index < -0.39 is 6.04 Å². The minimum absolute atomic E-state index is 0.0538. The third kappa shape index (κ3) is 6.89. The summed E-state index contributed by atoms with van der Waals surface area (Å²) in [6.07, 6.45) is 7.29. The van der Waals surface area contributed by atoms with Crippen LogP contribution in [0.15, 0.2) is 42.6 Å². The molecule has 0 saturated carbocycles. The Morgan fingerprint density at radius 2 is 1.80 bits per heavy atom. The number of thiol groups is 1. The smallest absolute Gasteiger partial charge is 0.240 e. The van der Waals surface area contributed by atoms with E-state index >= 15 is 0 Å². The standard InChI is InChI=1S/C24H34N4OS/c1-5-28-16-13-21(17-19(28)2)8-7-20-9-11-22(12-10-20)26(3)14-6-15-27(4)24(29)23(25)18-30/h7-13,16-17,23H,5-6,14-15,18,25H2,1-4H3/p+1. The molecule has 0 aliphatic heterocycles. The molecular weight excluding hydrogens is 392 g/mol. The Labute approximate surface area is 186 Å². The van der Waals surface area contributed by atoms with Crippen LogP contribution in [0.5, 0.6) is 0 Å². The number of rotatable bonds is 10. The zero-order valence-corrected chi connectivity index (χ0v) is 19.5. The summed E-state index contributed by atoms with van der Waals surface area (Å²) >= 11 is 4.09. The minimum atomic E-state index is -0.524. The van der Waals surface area contributed by atoms with E-state index in [0.29, 0.717) is 12.3 Å². The van der Waals surface area contributed by atoms with Gasteiger partial charge >= 0.3 is 0 Å². The molecule has 2 aromatic rings. The lowest BCUT2D eigenvalue weighted by atomic mass is 10.1. The molecule has 0 spiro atoms. The number of hydrogen-bond donors (Lipinski definition) is 2. The lowest BCUT2D eigenvalue weighted by molar-refractivity contribution is -0.699. The van der Waals surface area contributed by atoms with Crippen molar-refractivity contribution in [2.24, 2.45) is 5.73 Å². The van der Waals surface area contributed by atoms with Crippen LogP contribution in [0.4, 0.5) is 5.69 Å². The van der Waals surface area contributed by atoms with Crippen LogP contribution < -0.4 is 15.2 Å². The fourth-order valence-corrected chi connectivity index (χ4v) is 3.46. The third-order valence-electron chi connectivity index (χ3n) is 5.30. The summed E-state index contributed by atoms with van der Waals surface area (Å²) in [7, 11) is 3.87. The Morgan fingerprint density at radius 3 is 2.40 bits per heavy atom. The van der Waals surface area contributed by atoms with E-state index in [0.717, 1.165) is 25.2 Å². The first-order valence-electron chi connectivity index (χ1n) is 10.5. The topological polar surface area (TPSA) is 53.5 Å². The fraction of sp³-hybridized carbons (Fsp3) is 0.417. The van der Waals surface area contributed by atoms with Crippen molar-refractivity contribution in [1.29, 1.82) is 0 Å². The number of carbonyl (C=O) groups is 1. The van der Waals surface area contributed by atoms with Crippen molar-refractivity contribution in [2.75, 3.05) is 37.8 Å². The Hall–Kier alpha value is -2.31. The highest BCUT2D eigenvalue weighted by Crippen LogP contribution is 2.16. The van der Waals surface area contributed by atoms with E-state index in [1.807, 2.05) is 0 Å². The van der Waals surface area contributed by atoms with Gasteiger partial charge in [0.25, 0.3) is 0 Å². The van der Waals surface area contributed by atoms with Crippen LogP contribution in [0.3, 0.4) is 0 Å². The average Bonchev–Trinajstić information content (AvgIpc) is 2.76. The molecular formula is C24H35N4OS+. The van der Waals surface area contributed by atoms with E-state index in [1.54, 1.807) is 11.9 Å². The number of pyridine rings is 1. The Balaban J connectivity index is 1.87. The number of hydrogen-bond acceptors (Lipinski definition) is 4. The van der Waals surface area contributed by atoms with Gasteiger partial charge in [-0.2, -0.15) is 12.6 Å². The maximum atomic E-state index is 12.0. The van der Waals surface area contributed by atoms with Crippen LogP contribution in [0, 0.1) is 6.92 Å². The van der Waals surface area contributed by atoms with Crippen molar-refractivity contribution < 1.29 is 9.36 Å². The van der Waals surface area contributed by atoms with Gasteiger partial charge in [-0.05, 0) is 36.6 Å². The number of benzene rings is 1. The van der Waals surface area contributed by atoms with E-state index in [1.165, 1.54) is 16.8 Å². The van der Waals surface area contributed by atoms with Gasteiger partial charge < -0.3 is 15.5 Å². The molecule has 0 saturated heterocycles. The Morgan fingerprint density at radius 1 is 1.13 bits per heavy atom. The average molecular weight is 428 g/mol. The fourth-order valence-electron chi connectivity index (χ4n) is 3.30. The molecule has 162 valence electrons. The number of nitrogens with zero attached hydrogens (tertiary/aromatic N) is 3. The van der Waals surface area contributed by atoms with E-state index in [9.17, 15) is 4.79 Å². The van der Waals surface area contributed by atoms with Gasteiger partial charge in [0.05, 0.1) is 6.04 Å².